The van der Waals surface area contributed by atoms with Crippen LogP contribution in [0.15, 0.2) is 52.4 Å². The number of methoxy groups -OCH3 is 1. The van der Waals surface area contributed by atoms with E-state index >= 15 is 0 Å². The van der Waals surface area contributed by atoms with Crippen molar-refractivity contribution in [3.63, 3.8) is 0 Å². The second-order valence-corrected chi connectivity index (χ2v) is 6.77. The molecule has 0 radical (unpaired) electrons. The molecule has 8 heteroatoms. The Bertz CT molecular complexity index is 878. The van der Waals surface area contributed by atoms with E-state index in [2.05, 4.69) is 15.5 Å². The number of nitrogens with one attached hydrogen (secondary N) is 1. The smallest absolute Gasteiger partial charge is 0.307 e. The normalized spacial score (nSPS) is 11.7. The molecule has 0 bridgehead atoms. The quantitative estimate of drug-likeness (QED) is 0.599. The number of carbonyl (C=O) groups is 2. The molecule has 0 aliphatic rings. The van der Waals surface area contributed by atoms with Gasteiger partial charge in [0.25, 0.3) is 0 Å². The van der Waals surface area contributed by atoms with E-state index in [0.717, 1.165) is 10.4 Å². The number of aromatic nitrogens is 2. The molecule has 0 fully saturated rings. The number of nitrogens with zero attached hydrogens (tertiary/aromatic N) is 2. The van der Waals surface area contributed by atoms with Crippen molar-refractivity contribution in [3.8, 4) is 11.4 Å². The van der Waals surface area contributed by atoms with Crippen LogP contribution in [0.25, 0.3) is 11.4 Å². The fourth-order valence-electron chi connectivity index (χ4n) is 2.51. The van der Waals surface area contributed by atoms with Crippen molar-refractivity contribution in [2.45, 2.75) is 25.3 Å². The summed E-state index contributed by atoms with van der Waals surface area (Å²) < 4.78 is 9.93. The Balaban J connectivity index is 1.57. The Hall–Kier alpha value is -3.00. The molecule has 7 nitrogen and oxygen atoms in total. The Labute approximate surface area is 160 Å². The second kappa shape index (κ2) is 9.09. The molecule has 27 heavy (non-hydrogen) atoms. The highest BCUT2D eigenvalue weighted by Gasteiger charge is 2.20. The highest BCUT2D eigenvalue weighted by atomic mass is 32.1. The maximum Gasteiger partial charge on any atom is 0.307 e. The summed E-state index contributed by atoms with van der Waals surface area (Å²) >= 11 is 1.48. The zero-order chi connectivity index (χ0) is 19.1. The van der Waals surface area contributed by atoms with Crippen molar-refractivity contribution in [2.24, 2.45) is 0 Å². The lowest BCUT2D eigenvalue weighted by Crippen LogP contribution is -2.30. The zero-order valence-electron chi connectivity index (χ0n) is 14.8. The van der Waals surface area contributed by atoms with Gasteiger partial charge in [-0.2, -0.15) is 4.98 Å². The van der Waals surface area contributed by atoms with Crippen LogP contribution in [-0.2, 0) is 20.7 Å². The monoisotopic (exact) mass is 385 g/mol. The SMILES string of the molecule is COC(=O)CC(NC(=O)CCc1nc(-c2ccccc2)no1)c1cccs1. The van der Waals surface area contributed by atoms with Gasteiger partial charge in [0.15, 0.2) is 0 Å². The van der Waals surface area contributed by atoms with Crippen molar-refractivity contribution in [1.82, 2.24) is 15.5 Å². The zero-order valence-corrected chi connectivity index (χ0v) is 15.6. The van der Waals surface area contributed by atoms with Gasteiger partial charge in [-0.25, -0.2) is 0 Å². The third-order valence-corrected chi connectivity index (χ3v) is 4.87. The van der Waals surface area contributed by atoms with E-state index in [4.69, 9.17) is 9.26 Å². The summed E-state index contributed by atoms with van der Waals surface area (Å²) in [6.45, 7) is 0. The summed E-state index contributed by atoms with van der Waals surface area (Å²) in [6.07, 6.45) is 0.585. The number of ether oxygens (including phenoxy) is 1. The molecule has 140 valence electrons. The number of esters is 1. The summed E-state index contributed by atoms with van der Waals surface area (Å²) in [5.74, 6) is 0.313. The minimum Gasteiger partial charge on any atom is -0.469 e. The first-order valence-electron chi connectivity index (χ1n) is 8.43. The van der Waals surface area contributed by atoms with E-state index in [0.29, 0.717) is 18.1 Å². The number of thiophene rings is 1. The summed E-state index contributed by atoms with van der Waals surface area (Å²) in [4.78, 5) is 29.1. The topological polar surface area (TPSA) is 94.3 Å². The summed E-state index contributed by atoms with van der Waals surface area (Å²) in [5.41, 5.74) is 0.854. The Morgan fingerprint density at radius 3 is 2.74 bits per heavy atom. The summed E-state index contributed by atoms with van der Waals surface area (Å²) in [5, 5.41) is 8.71. The molecule has 1 unspecified atom stereocenters. The minimum absolute atomic E-state index is 0.0848. The molecule has 2 aromatic heterocycles. The van der Waals surface area contributed by atoms with Gasteiger partial charge in [-0.3, -0.25) is 9.59 Å². The van der Waals surface area contributed by atoms with Gasteiger partial charge in [0.05, 0.1) is 19.6 Å². The van der Waals surface area contributed by atoms with Crippen molar-refractivity contribution >= 4 is 23.2 Å². The largest absolute Gasteiger partial charge is 0.469 e. The molecule has 0 saturated carbocycles. The van der Waals surface area contributed by atoms with E-state index in [9.17, 15) is 9.59 Å². The van der Waals surface area contributed by atoms with Crippen LogP contribution in [0.5, 0.6) is 0 Å². The summed E-state index contributed by atoms with van der Waals surface area (Å²) in [6, 6.07) is 12.8. The molecular formula is C19H19N3O4S. The lowest BCUT2D eigenvalue weighted by atomic mass is 10.1. The molecule has 0 aliphatic heterocycles. The van der Waals surface area contributed by atoms with Crippen LogP contribution in [0.2, 0.25) is 0 Å². The molecule has 0 aliphatic carbocycles. The number of carbonyl (C=O) groups excluding carboxylic acids is 2. The van der Waals surface area contributed by atoms with Crippen LogP contribution in [0.1, 0.15) is 29.7 Å². The highest BCUT2D eigenvalue weighted by molar-refractivity contribution is 7.10. The molecule has 1 atom stereocenters. The predicted octanol–water partition coefficient (Wildman–Crippen LogP) is 3.15. The third kappa shape index (κ3) is 5.24. The first-order valence-corrected chi connectivity index (χ1v) is 9.31. The van der Waals surface area contributed by atoms with Crippen molar-refractivity contribution < 1.29 is 18.8 Å². The van der Waals surface area contributed by atoms with Gasteiger partial charge in [-0.15, -0.1) is 11.3 Å². The third-order valence-electron chi connectivity index (χ3n) is 3.89. The second-order valence-electron chi connectivity index (χ2n) is 5.79. The number of amides is 1. The highest BCUT2D eigenvalue weighted by Crippen LogP contribution is 2.23. The average Bonchev–Trinajstić information content (AvgIpc) is 3.38. The van der Waals surface area contributed by atoms with Crippen LogP contribution >= 0.6 is 11.3 Å². The van der Waals surface area contributed by atoms with Crippen LogP contribution < -0.4 is 5.32 Å². The van der Waals surface area contributed by atoms with E-state index in [1.54, 1.807) is 0 Å². The Kier molecular flexibility index (Phi) is 6.32. The fourth-order valence-corrected chi connectivity index (χ4v) is 3.29. The molecule has 1 N–H and O–H groups in total. The molecule has 0 spiro atoms. The molecule has 1 amide bonds. The number of hydrogen-bond acceptors (Lipinski definition) is 7. The lowest BCUT2D eigenvalue weighted by molar-refractivity contribution is -0.141. The van der Waals surface area contributed by atoms with Gasteiger partial charge < -0.3 is 14.6 Å². The van der Waals surface area contributed by atoms with Gasteiger partial charge in [0, 0.05) is 23.3 Å². The minimum atomic E-state index is -0.410. The van der Waals surface area contributed by atoms with E-state index in [1.807, 2.05) is 47.8 Å². The maximum atomic E-state index is 12.3. The molecule has 2 heterocycles. The average molecular weight is 385 g/mol. The summed E-state index contributed by atoms with van der Waals surface area (Å²) in [7, 11) is 1.33. The first kappa shape index (κ1) is 18.8. The molecule has 3 aromatic rings. The first-order chi connectivity index (χ1) is 13.2. The van der Waals surface area contributed by atoms with Gasteiger partial charge in [0.1, 0.15) is 0 Å². The number of hydrogen-bond donors (Lipinski definition) is 1. The fraction of sp³-hybridized carbons (Fsp3) is 0.263. The lowest BCUT2D eigenvalue weighted by Gasteiger charge is -2.16. The predicted molar refractivity (Wildman–Crippen MR) is 99.9 cm³/mol. The van der Waals surface area contributed by atoms with Crippen molar-refractivity contribution in [2.75, 3.05) is 7.11 Å². The van der Waals surface area contributed by atoms with Gasteiger partial charge in [-0.1, -0.05) is 41.6 Å². The number of aryl methyl sites for hydroxylation is 1. The standard InChI is InChI=1S/C19H19N3O4S/c1-25-18(24)12-14(15-8-5-11-27-15)20-16(23)9-10-17-21-19(22-26-17)13-6-3-2-4-7-13/h2-8,11,14H,9-10,12H2,1H3,(H,20,23). The van der Waals surface area contributed by atoms with Gasteiger partial charge >= 0.3 is 5.97 Å². The number of rotatable bonds is 8. The van der Waals surface area contributed by atoms with Crippen LogP contribution in [-0.4, -0.2) is 29.1 Å². The van der Waals surface area contributed by atoms with Crippen LogP contribution in [0.3, 0.4) is 0 Å². The molecule has 0 saturated heterocycles. The van der Waals surface area contributed by atoms with Gasteiger partial charge in [0.2, 0.25) is 17.6 Å². The number of benzene rings is 1. The van der Waals surface area contributed by atoms with Crippen LogP contribution in [0, 0.1) is 0 Å². The van der Waals surface area contributed by atoms with Crippen molar-refractivity contribution in [3.05, 3.63) is 58.6 Å². The maximum absolute atomic E-state index is 12.3. The Morgan fingerprint density at radius 2 is 2.04 bits per heavy atom. The van der Waals surface area contributed by atoms with Crippen LogP contribution in [0.4, 0.5) is 0 Å². The van der Waals surface area contributed by atoms with E-state index < -0.39 is 6.04 Å². The molecule has 3 rings (SSSR count). The molecular weight excluding hydrogens is 366 g/mol. The van der Waals surface area contributed by atoms with E-state index in [-0.39, 0.29) is 24.7 Å². The molecule has 1 aromatic carbocycles. The Morgan fingerprint density at radius 1 is 1.22 bits per heavy atom. The van der Waals surface area contributed by atoms with Crippen molar-refractivity contribution in [1.29, 1.82) is 0 Å². The van der Waals surface area contributed by atoms with Gasteiger partial charge in [-0.05, 0) is 11.4 Å². The van der Waals surface area contributed by atoms with E-state index in [1.165, 1.54) is 18.4 Å².